The number of hydrogen-bond acceptors (Lipinski definition) is 5. The fraction of sp³-hybridized carbons (Fsp3) is 0.562. The van der Waals surface area contributed by atoms with E-state index in [1.54, 1.807) is 31.2 Å². The van der Waals surface area contributed by atoms with Gasteiger partial charge in [0.1, 0.15) is 6.10 Å². The normalized spacial score (nSPS) is 12.8. The van der Waals surface area contributed by atoms with Gasteiger partial charge < -0.3 is 14.8 Å². The predicted octanol–water partition coefficient (Wildman–Crippen LogP) is 0.794. The maximum absolute atomic E-state index is 11.9. The number of carbonyl (C=O) groups excluding carboxylic acids is 1. The van der Waals surface area contributed by atoms with E-state index in [1.807, 2.05) is 6.92 Å². The van der Waals surface area contributed by atoms with Crippen LogP contribution >= 0.6 is 0 Å². The molecule has 0 aliphatic rings. The van der Waals surface area contributed by atoms with Gasteiger partial charge >= 0.3 is 0 Å². The predicted molar refractivity (Wildman–Crippen MR) is 91.9 cm³/mol. The number of carbonyl (C=O) groups is 1. The smallest absolute Gasteiger partial charge is 0.249 e. The van der Waals surface area contributed by atoms with Crippen molar-refractivity contribution in [2.75, 3.05) is 26.9 Å². The topological polar surface area (TPSA) is 93.7 Å². The van der Waals surface area contributed by atoms with Crippen molar-refractivity contribution in [3.8, 4) is 0 Å². The largest absolute Gasteiger partial charge is 0.379 e. The molecule has 136 valence electrons. The van der Waals surface area contributed by atoms with Crippen molar-refractivity contribution in [1.29, 1.82) is 0 Å². The number of nitrogens with one attached hydrogen (secondary N) is 2. The van der Waals surface area contributed by atoms with Crippen LogP contribution in [0.25, 0.3) is 0 Å². The number of benzene rings is 1. The van der Waals surface area contributed by atoms with Crippen molar-refractivity contribution >= 4 is 15.9 Å². The van der Waals surface area contributed by atoms with Crippen molar-refractivity contribution in [3.63, 3.8) is 0 Å². The summed E-state index contributed by atoms with van der Waals surface area (Å²) in [6.45, 7) is 5.40. The molecule has 8 heteroatoms. The van der Waals surface area contributed by atoms with E-state index in [0.29, 0.717) is 31.9 Å². The Morgan fingerprint density at radius 2 is 1.79 bits per heavy atom. The van der Waals surface area contributed by atoms with Gasteiger partial charge in [-0.3, -0.25) is 4.79 Å². The average molecular weight is 358 g/mol. The Balaban J connectivity index is 2.40. The fourth-order valence-electron chi connectivity index (χ4n) is 1.88. The molecule has 0 aromatic heterocycles. The number of hydrogen-bond donors (Lipinski definition) is 2. The lowest BCUT2D eigenvalue weighted by Crippen LogP contribution is -2.34. The van der Waals surface area contributed by atoms with Crippen LogP contribution in [-0.2, 0) is 36.6 Å². The maximum Gasteiger partial charge on any atom is 0.249 e. The standard InChI is InChI=1S/C16H26N2O5S/c1-4-22-9-10-23-13(2)16(19)18-11-14-5-7-15(8-6-14)12-24(20,21)17-3/h5-8,13,17H,4,9-12H2,1-3H3,(H,18,19). The lowest BCUT2D eigenvalue weighted by molar-refractivity contribution is -0.132. The van der Waals surface area contributed by atoms with Gasteiger partial charge in [-0.15, -0.1) is 0 Å². The van der Waals surface area contributed by atoms with E-state index < -0.39 is 16.1 Å². The van der Waals surface area contributed by atoms with Gasteiger partial charge in [-0.05, 0) is 32.0 Å². The second-order valence-corrected chi connectivity index (χ2v) is 7.13. The summed E-state index contributed by atoms with van der Waals surface area (Å²) in [6, 6.07) is 7.06. The van der Waals surface area contributed by atoms with Gasteiger partial charge in [0.2, 0.25) is 15.9 Å². The van der Waals surface area contributed by atoms with E-state index in [2.05, 4.69) is 10.0 Å². The number of amides is 1. The molecule has 1 amide bonds. The lowest BCUT2D eigenvalue weighted by atomic mass is 10.1. The SMILES string of the molecule is CCOCCOC(C)C(=O)NCc1ccc(CS(=O)(=O)NC)cc1. The number of ether oxygens (including phenoxy) is 2. The molecule has 0 radical (unpaired) electrons. The Kier molecular flexibility index (Phi) is 8.91. The lowest BCUT2D eigenvalue weighted by Gasteiger charge is -2.13. The molecular formula is C16H26N2O5S. The molecule has 1 aromatic carbocycles. The molecule has 24 heavy (non-hydrogen) atoms. The zero-order valence-electron chi connectivity index (χ0n) is 14.4. The summed E-state index contributed by atoms with van der Waals surface area (Å²) in [7, 11) is -1.90. The van der Waals surface area contributed by atoms with Gasteiger partial charge in [0.05, 0.1) is 19.0 Å². The molecule has 0 saturated heterocycles. The van der Waals surface area contributed by atoms with Crippen LogP contribution in [0, 0.1) is 0 Å². The Labute approximate surface area is 143 Å². The molecule has 1 unspecified atom stereocenters. The molecule has 0 bridgehead atoms. The second-order valence-electron chi connectivity index (χ2n) is 5.21. The van der Waals surface area contributed by atoms with Crippen LogP contribution in [0.5, 0.6) is 0 Å². The van der Waals surface area contributed by atoms with E-state index >= 15 is 0 Å². The summed E-state index contributed by atoms with van der Waals surface area (Å²) in [5, 5.41) is 2.78. The van der Waals surface area contributed by atoms with E-state index in [0.717, 1.165) is 5.56 Å². The Bertz CT molecular complexity index is 601. The van der Waals surface area contributed by atoms with Crippen LogP contribution in [0.4, 0.5) is 0 Å². The van der Waals surface area contributed by atoms with Crippen molar-refractivity contribution in [1.82, 2.24) is 10.0 Å². The van der Waals surface area contributed by atoms with Crippen molar-refractivity contribution < 1.29 is 22.7 Å². The molecule has 1 atom stereocenters. The van der Waals surface area contributed by atoms with Crippen LogP contribution in [0.15, 0.2) is 24.3 Å². The second kappa shape index (κ2) is 10.4. The Morgan fingerprint density at radius 1 is 1.17 bits per heavy atom. The summed E-state index contributed by atoms with van der Waals surface area (Å²) < 4.78 is 35.7. The van der Waals surface area contributed by atoms with Crippen LogP contribution in [0.2, 0.25) is 0 Å². The highest BCUT2D eigenvalue weighted by atomic mass is 32.2. The minimum atomic E-state index is -3.28. The van der Waals surface area contributed by atoms with Crippen molar-refractivity contribution in [2.24, 2.45) is 0 Å². The third-order valence-electron chi connectivity index (χ3n) is 3.33. The number of sulfonamides is 1. The third kappa shape index (κ3) is 7.87. The highest BCUT2D eigenvalue weighted by Crippen LogP contribution is 2.08. The van der Waals surface area contributed by atoms with Gasteiger partial charge in [-0.2, -0.15) is 0 Å². The monoisotopic (exact) mass is 358 g/mol. The molecule has 7 nitrogen and oxygen atoms in total. The summed E-state index contributed by atoms with van der Waals surface area (Å²) in [6.07, 6.45) is -0.550. The number of rotatable bonds is 11. The fourth-order valence-corrected chi connectivity index (χ4v) is 2.66. The Morgan fingerprint density at radius 3 is 2.38 bits per heavy atom. The molecule has 0 saturated carbocycles. The summed E-state index contributed by atoms with van der Waals surface area (Å²) in [5.41, 5.74) is 1.57. The minimum Gasteiger partial charge on any atom is -0.379 e. The van der Waals surface area contributed by atoms with E-state index in [-0.39, 0.29) is 11.7 Å². The molecular weight excluding hydrogens is 332 g/mol. The van der Waals surface area contributed by atoms with Crippen molar-refractivity contribution in [2.45, 2.75) is 32.2 Å². The third-order valence-corrected chi connectivity index (χ3v) is 4.66. The van der Waals surface area contributed by atoms with Gasteiger partial charge in [-0.25, -0.2) is 13.1 Å². The molecule has 0 aliphatic carbocycles. The quantitative estimate of drug-likeness (QED) is 0.571. The molecule has 0 heterocycles. The van der Waals surface area contributed by atoms with Crippen molar-refractivity contribution in [3.05, 3.63) is 35.4 Å². The van der Waals surface area contributed by atoms with Crippen LogP contribution in [0.1, 0.15) is 25.0 Å². The molecule has 1 rings (SSSR count). The van der Waals surface area contributed by atoms with Gasteiger partial charge in [-0.1, -0.05) is 24.3 Å². The van der Waals surface area contributed by atoms with E-state index in [4.69, 9.17) is 9.47 Å². The van der Waals surface area contributed by atoms with Gasteiger partial charge in [0.15, 0.2) is 0 Å². The first-order chi connectivity index (χ1) is 11.4. The van der Waals surface area contributed by atoms with Gasteiger partial charge in [0, 0.05) is 13.2 Å². The van der Waals surface area contributed by atoms with Crippen LogP contribution < -0.4 is 10.0 Å². The highest BCUT2D eigenvalue weighted by Gasteiger charge is 2.13. The average Bonchev–Trinajstić information content (AvgIpc) is 2.57. The summed E-state index contributed by atoms with van der Waals surface area (Å²) >= 11 is 0. The first-order valence-corrected chi connectivity index (χ1v) is 9.49. The van der Waals surface area contributed by atoms with E-state index in [9.17, 15) is 13.2 Å². The minimum absolute atomic E-state index is 0.0686. The maximum atomic E-state index is 11.9. The zero-order valence-corrected chi connectivity index (χ0v) is 15.2. The zero-order chi connectivity index (χ0) is 18.0. The van der Waals surface area contributed by atoms with Crippen LogP contribution in [0.3, 0.4) is 0 Å². The van der Waals surface area contributed by atoms with E-state index in [1.165, 1.54) is 7.05 Å². The summed E-state index contributed by atoms with van der Waals surface area (Å²) in [4.78, 5) is 11.9. The van der Waals surface area contributed by atoms with Gasteiger partial charge in [0.25, 0.3) is 0 Å². The highest BCUT2D eigenvalue weighted by molar-refractivity contribution is 7.88. The summed E-state index contributed by atoms with van der Waals surface area (Å²) in [5.74, 6) is -0.269. The Hall–Kier alpha value is -1.48. The molecule has 0 aliphatic heterocycles. The molecule has 1 aromatic rings. The molecule has 0 spiro atoms. The molecule has 2 N–H and O–H groups in total. The molecule has 0 fully saturated rings. The van der Waals surface area contributed by atoms with Crippen LogP contribution in [-0.4, -0.2) is 47.3 Å². The first kappa shape index (κ1) is 20.6. The first-order valence-electron chi connectivity index (χ1n) is 7.84.